The molecule has 1 aromatic carbocycles. The van der Waals surface area contributed by atoms with Crippen LogP contribution in [0.4, 0.5) is 8.78 Å². The molecule has 0 bridgehead atoms. The van der Waals surface area contributed by atoms with Gasteiger partial charge in [0.05, 0.1) is 17.8 Å². The summed E-state index contributed by atoms with van der Waals surface area (Å²) in [6, 6.07) is 3.50. The van der Waals surface area contributed by atoms with Crippen LogP contribution in [0.15, 0.2) is 18.2 Å². The number of benzene rings is 1. The van der Waals surface area contributed by atoms with Crippen molar-refractivity contribution in [1.82, 2.24) is 4.90 Å². The van der Waals surface area contributed by atoms with Crippen LogP contribution in [0.1, 0.15) is 37.9 Å². The first-order valence-electron chi connectivity index (χ1n) is 7.04. The van der Waals surface area contributed by atoms with Crippen molar-refractivity contribution in [2.45, 2.75) is 44.4 Å². The third-order valence-corrected chi connectivity index (χ3v) is 3.96. The maximum Gasteiger partial charge on any atom is 0.131 e. The molecule has 1 saturated heterocycles. The molecule has 3 nitrogen and oxygen atoms in total. The van der Waals surface area contributed by atoms with Gasteiger partial charge < -0.3 is 10.2 Å². The van der Waals surface area contributed by atoms with E-state index in [9.17, 15) is 19.0 Å². The van der Waals surface area contributed by atoms with Gasteiger partial charge in [0.15, 0.2) is 0 Å². The highest BCUT2D eigenvalue weighted by atomic mass is 19.1. The fourth-order valence-corrected chi connectivity index (χ4v) is 2.93. The molecule has 112 valence electrons. The summed E-state index contributed by atoms with van der Waals surface area (Å²) in [5.41, 5.74) is -0.289. The molecule has 1 aliphatic rings. The van der Waals surface area contributed by atoms with Crippen LogP contribution in [0.2, 0.25) is 0 Å². The van der Waals surface area contributed by atoms with Gasteiger partial charge in [0, 0.05) is 12.6 Å². The highest BCUT2D eigenvalue weighted by Crippen LogP contribution is 2.26. The van der Waals surface area contributed by atoms with Gasteiger partial charge in [-0.25, -0.2) is 8.78 Å². The van der Waals surface area contributed by atoms with E-state index < -0.39 is 23.8 Å². The van der Waals surface area contributed by atoms with Gasteiger partial charge in [-0.1, -0.05) is 12.5 Å². The van der Waals surface area contributed by atoms with Crippen molar-refractivity contribution >= 4 is 0 Å². The van der Waals surface area contributed by atoms with Crippen molar-refractivity contribution < 1.29 is 19.0 Å². The predicted octanol–water partition coefficient (Wildman–Crippen LogP) is 2.23. The lowest BCUT2D eigenvalue weighted by Gasteiger charge is -2.38. The van der Waals surface area contributed by atoms with Crippen LogP contribution >= 0.6 is 0 Å². The molecule has 3 atom stereocenters. The minimum absolute atomic E-state index is 0.0618. The highest BCUT2D eigenvalue weighted by Gasteiger charge is 2.29. The van der Waals surface area contributed by atoms with E-state index in [0.29, 0.717) is 0 Å². The molecule has 2 N–H and O–H groups in total. The van der Waals surface area contributed by atoms with Gasteiger partial charge in [0.2, 0.25) is 0 Å². The standard InChI is InChI=1S/C15H21F2NO2/c1-10(19)13-7-2-3-8-18(13)9-14(20)15-11(16)5-4-6-12(15)17/h4-6,10,13-14,19-20H,2-3,7-9H2,1H3/t10-,13+,14+/m0/s1. The Morgan fingerprint density at radius 1 is 1.25 bits per heavy atom. The molecule has 2 rings (SSSR count). The summed E-state index contributed by atoms with van der Waals surface area (Å²) in [4.78, 5) is 1.92. The number of aliphatic hydroxyl groups is 2. The third-order valence-electron chi connectivity index (χ3n) is 3.96. The Labute approximate surface area is 117 Å². The second kappa shape index (κ2) is 6.61. The maximum atomic E-state index is 13.6. The first kappa shape index (κ1) is 15.4. The average Bonchev–Trinajstić information content (AvgIpc) is 2.38. The van der Waals surface area contributed by atoms with Crippen LogP contribution in [-0.4, -0.2) is 40.3 Å². The van der Waals surface area contributed by atoms with E-state index in [2.05, 4.69) is 0 Å². The monoisotopic (exact) mass is 285 g/mol. The number of halogens is 2. The first-order chi connectivity index (χ1) is 9.50. The predicted molar refractivity (Wildman–Crippen MR) is 72.2 cm³/mol. The molecule has 0 spiro atoms. The zero-order chi connectivity index (χ0) is 14.7. The number of piperidine rings is 1. The molecule has 0 aromatic heterocycles. The lowest BCUT2D eigenvalue weighted by atomic mass is 9.96. The number of hydrogen-bond acceptors (Lipinski definition) is 3. The van der Waals surface area contributed by atoms with Crippen LogP contribution in [0.3, 0.4) is 0 Å². The summed E-state index contributed by atoms with van der Waals surface area (Å²) in [7, 11) is 0. The Hall–Kier alpha value is -1.04. The molecule has 5 heteroatoms. The molecule has 1 fully saturated rings. The van der Waals surface area contributed by atoms with Gasteiger partial charge in [-0.3, -0.25) is 4.90 Å². The van der Waals surface area contributed by atoms with Crippen LogP contribution in [0.5, 0.6) is 0 Å². The third kappa shape index (κ3) is 3.34. The summed E-state index contributed by atoms with van der Waals surface area (Å²) in [6.07, 6.45) is 1.08. The smallest absolute Gasteiger partial charge is 0.131 e. The van der Waals surface area contributed by atoms with E-state index in [0.717, 1.165) is 37.9 Å². The van der Waals surface area contributed by atoms with E-state index >= 15 is 0 Å². The molecule has 1 heterocycles. The molecule has 0 unspecified atom stereocenters. The summed E-state index contributed by atoms with van der Waals surface area (Å²) in [5, 5.41) is 19.9. The van der Waals surface area contributed by atoms with Crippen molar-refractivity contribution in [3.8, 4) is 0 Å². The van der Waals surface area contributed by atoms with Gasteiger partial charge in [-0.05, 0) is 38.4 Å². The quantitative estimate of drug-likeness (QED) is 0.891. The highest BCUT2D eigenvalue weighted by molar-refractivity contribution is 5.22. The topological polar surface area (TPSA) is 43.7 Å². The van der Waals surface area contributed by atoms with Crippen LogP contribution < -0.4 is 0 Å². The number of aliphatic hydroxyl groups excluding tert-OH is 2. The summed E-state index contributed by atoms with van der Waals surface area (Å²) in [6.45, 7) is 2.56. The molecule has 0 amide bonds. The molecule has 1 aliphatic heterocycles. The molecule has 0 aliphatic carbocycles. The molecule has 1 aromatic rings. The zero-order valence-electron chi connectivity index (χ0n) is 11.6. The lowest BCUT2D eigenvalue weighted by molar-refractivity contribution is 0.00618. The van der Waals surface area contributed by atoms with E-state index in [1.807, 2.05) is 4.90 Å². The second-order valence-electron chi connectivity index (χ2n) is 5.45. The van der Waals surface area contributed by atoms with Gasteiger partial charge in [0.1, 0.15) is 11.6 Å². The van der Waals surface area contributed by atoms with Crippen LogP contribution in [-0.2, 0) is 0 Å². The second-order valence-corrected chi connectivity index (χ2v) is 5.45. The lowest BCUT2D eigenvalue weighted by Crippen LogP contribution is -2.47. The molecular formula is C15H21F2NO2. The van der Waals surface area contributed by atoms with Crippen molar-refractivity contribution in [3.05, 3.63) is 35.4 Å². The molecule has 0 radical (unpaired) electrons. The summed E-state index contributed by atoms with van der Waals surface area (Å²) < 4.78 is 27.3. The number of β-amino-alcohol motifs (C(OH)–C–C–N with tert-alkyl or cyclic N) is 1. The Morgan fingerprint density at radius 2 is 1.90 bits per heavy atom. The Morgan fingerprint density at radius 3 is 2.50 bits per heavy atom. The van der Waals surface area contributed by atoms with Crippen LogP contribution in [0.25, 0.3) is 0 Å². The van der Waals surface area contributed by atoms with E-state index in [1.165, 1.54) is 6.07 Å². The van der Waals surface area contributed by atoms with Gasteiger partial charge in [-0.2, -0.15) is 0 Å². The summed E-state index contributed by atoms with van der Waals surface area (Å²) in [5.74, 6) is -1.47. The minimum Gasteiger partial charge on any atom is -0.392 e. The fraction of sp³-hybridized carbons (Fsp3) is 0.600. The number of likely N-dealkylation sites (tertiary alicyclic amines) is 1. The largest absolute Gasteiger partial charge is 0.392 e. The van der Waals surface area contributed by atoms with Crippen LogP contribution in [0, 0.1) is 11.6 Å². The molecule has 0 saturated carbocycles. The first-order valence-corrected chi connectivity index (χ1v) is 7.04. The fourth-order valence-electron chi connectivity index (χ4n) is 2.93. The van der Waals surface area contributed by atoms with Gasteiger partial charge in [0.25, 0.3) is 0 Å². The zero-order valence-corrected chi connectivity index (χ0v) is 11.6. The Bertz CT molecular complexity index is 433. The average molecular weight is 285 g/mol. The van der Waals surface area contributed by atoms with E-state index in [4.69, 9.17) is 0 Å². The SMILES string of the molecule is C[C@H](O)[C@H]1CCCCN1C[C@@H](O)c1c(F)cccc1F. The Balaban J connectivity index is 2.12. The van der Waals surface area contributed by atoms with Crippen molar-refractivity contribution in [2.24, 2.45) is 0 Å². The van der Waals surface area contributed by atoms with Crippen molar-refractivity contribution in [2.75, 3.05) is 13.1 Å². The van der Waals surface area contributed by atoms with Crippen molar-refractivity contribution in [1.29, 1.82) is 0 Å². The number of hydrogen-bond donors (Lipinski definition) is 2. The number of nitrogens with zero attached hydrogens (tertiary/aromatic N) is 1. The maximum absolute atomic E-state index is 13.6. The van der Waals surface area contributed by atoms with E-state index in [-0.39, 0.29) is 18.2 Å². The van der Waals surface area contributed by atoms with E-state index in [1.54, 1.807) is 6.92 Å². The van der Waals surface area contributed by atoms with Gasteiger partial charge in [-0.15, -0.1) is 0 Å². The van der Waals surface area contributed by atoms with Crippen molar-refractivity contribution in [3.63, 3.8) is 0 Å². The summed E-state index contributed by atoms with van der Waals surface area (Å²) >= 11 is 0. The minimum atomic E-state index is -1.23. The molecular weight excluding hydrogens is 264 g/mol. The normalized spacial score (nSPS) is 23.6. The molecule has 20 heavy (non-hydrogen) atoms. The number of rotatable bonds is 4. The van der Waals surface area contributed by atoms with Gasteiger partial charge >= 0.3 is 0 Å². The Kier molecular flexibility index (Phi) is 5.07.